The van der Waals surface area contributed by atoms with Crippen LogP contribution in [0, 0.1) is 6.92 Å². The molecule has 4 heterocycles. The minimum absolute atomic E-state index is 0.0493. The van der Waals surface area contributed by atoms with Gasteiger partial charge in [0.15, 0.2) is 11.5 Å². The third kappa shape index (κ3) is 2.97. The predicted molar refractivity (Wildman–Crippen MR) is 91.3 cm³/mol. The van der Waals surface area contributed by atoms with Crippen molar-refractivity contribution in [2.45, 2.75) is 13.5 Å². The first kappa shape index (κ1) is 16.1. The third-order valence-corrected chi connectivity index (χ3v) is 3.75. The second-order valence-electron chi connectivity index (χ2n) is 5.54. The summed E-state index contributed by atoms with van der Waals surface area (Å²) < 4.78 is 31.2. The van der Waals surface area contributed by atoms with Crippen molar-refractivity contribution in [1.29, 1.82) is 0 Å². The Morgan fingerprint density at radius 2 is 1.92 bits per heavy atom. The molecular formula is C18H13F2N5O. The molecule has 0 aliphatic rings. The van der Waals surface area contributed by atoms with Crippen LogP contribution in [0.5, 0.6) is 5.75 Å². The predicted octanol–water partition coefficient (Wildman–Crippen LogP) is 3.79. The van der Waals surface area contributed by atoms with Crippen molar-refractivity contribution in [3.63, 3.8) is 0 Å². The van der Waals surface area contributed by atoms with Crippen LogP contribution < -0.4 is 4.74 Å². The highest BCUT2D eigenvalue weighted by molar-refractivity contribution is 5.80. The Morgan fingerprint density at radius 3 is 2.62 bits per heavy atom. The van der Waals surface area contributed by atoms with Crippen molar-refractivity contribution in [2.24, 2.45) is 0 Å². The minimum Gasteiger partial charge on any atom is -0.433 e. The molecule has 4 rings (SSSR count). The first-order chi connectivity index (χ1) is 12.6. The van der Waals surface area contributed by atoms with E-state index in [2.05, 4.69) is 24.7 Å². The lowest BCUT2D eigenvalue weighted by molar-refractivity contribution is -0.0499. The maximum absolute atomic E-state index is 12.5. The molecule has 4 aromatic heterocycles. The summed E-state index contributed by atoms with van der Waals surface area (Å²) in [6, 6.07) is 10.7. The normalized spacial score (nSPS) is 11.2. The van der Waals surface area contributed by atoms with E-state index in [0.717, 1.165) is 11.4 Å². The topological polar surface area (TPSA) is 65.7 Å². The van der Waals surface area contributed by atoms with E-state index in [0.29, 0.717) is 22.7 Å². The standard InChI is InChI=1S/C18H13F2N5O/c1-11-5-6-12(9-22-11)25-16-15(8-13(10-23-16)26-18(19)20)24-17(25)14-4-2-3-7-21-14/h2-10,18H,1H3. The molecule has 0 spiro atoms. The van der Waals surface area contributed by atoms with E-state index in [9.17, 15) is 8.78 Å². The number of pyridine rings is 3. The van der Waals surface area contributed by atoms with E-state index < -0.39 is 6.61 Å². The van der Waals surface area contributed by atoms with Gasteiger partial charge in [-0.25, -0.2) is 9.97 Å². The molecule has 0 unspecified atom stereocenters. The number of alkyl halides is 2. The Hall–Kier alpha value is -3.42. The summed E-state index contributed by atoms with van der Waals surface area (Å²) in [7, 11) is 0. The molecule has 8 heteroatoms. The summed E-state index contributed by atoms with van der Waals surface area (Å²) in [6.07, 6.45) is 4.61. The molecule has 26 heavy (non-hydrogen) atoms. The second kappa shape index (κ2) is 6.47. The Kier molecular flexibility index (Phi) is 4.00. The van der Waals surface area contributed by atoms with Crippen LogP contribution >= 0.6 is 0 Å². The number of imidazole rings is 1. The molecule has 0 aliphatic carbocycles. The number of fused-ring (bicyclic) bond motifs is 1. The van der Waals surface area contributed by atoms with Crippen molar-refractivity contribution in [3.05, 3.63) is 60.7 Å². The van der Waals surface area contributed by atoms with E-state index in [4.69, 9.17) is 0 Å². The smallest absolute Gasteiger partial charge is 0.387 e. The van der Waals surface area contributed by atoms with E-state index in [1.165, 1.54) is 12.3 Å². The van der Waals surface area contributed by atoms with Crippen molar-refractivity contribution < 1.29 is 13.5 Å². The highest BCUT2D eigenvalue weighted by atomic mass is 19.3. The van der Waals surface area contributed by atoms with Crippen molar-refractivity contribution in [1.82, 2.24) is 24.5 Å². The molecule has 0 aliphatic heterocycles. The third-order valence-electron chi connectivity index (χ3n) is 3.75. The highest BCUT2D eigenvalue weighted by Gasteiger charge is 2.18. The fourth-order valence-corrected chi connectivity index (χ4v) is 2.62. The zero-order chi connectivity index (χ0) is 18.1. The summed E-state index contributed by atoms with van der Waals surface area (Å²) in [5.41, 5.74) is 3.16. The average Bonchev–Trinajstić information content (AvgIpc) is 3.01. The zero-order valence-corrected chi connectivity index (χ0v) is 13.7. The summed E-state index contributed by atoms with van der Waals surface area (Å²) >= 11 is 0. The van der Waals surface area contributed by atoms with Gasteiger partial charge in [-0.2, -0.15) is 8.78 Å². The first-order valence-corrected chi connectivity index (χ1v) is 7.79. The van der Waals surface area contributed by atoms with E-state index >= 15 is 0 Å². The Morgan fingerprint density at radius 1 is 1.04 bits per heavy atom. The molecule has 0 saturated heterocycles. The molecule has 6 nitrogen and oxygen atoms in total. The molecule has 0 saturated carbocycles. The number of halogens is 2. The van der Waals surface area contributed by atoms with Gasteiger partial charge in [-0.05, 0) is 31.2 Å². The van der Waals surface area contributed by atoms with Crippen LogP contribution in [0.3, 0.4) is 0 Å². The number of nitrogens with zero attached hydrogens (tertiary/aromatic N) is 5. The molecule has 0 fully saturated rings. The quantitative estimate of drug-likeness (QED) is 0.558. The molecule has 0 atom stereocenters. The van der Waals surface area contributed by atoms with E-state index in [1.54, 1.807) is 23.0 Å². The molecule has 0 N–H and O–H groups in total. The second-order valence-corrected chi connectivity index (χ2v) is 5.54. The van der Waals surface area contributed by atoms with Gasteiger partial charge in [0.2, 0.25) is 0 Å². The summed E-state index contributed by atoms with van der Waals surface area (Å²) in [4.78, 5) is 17.4. The molecule has 0 radical (unpaired) electrons. The lowest BCUT2D eigenvalue weighted by Crippen LogP contribution is -2.03. The van der Waals surface area contributed by atoms with Crippen LogP contribution in [0.15, 0.2) is 55.0 Å². The monoisotopic (exact) mass is 353 g/mol. The summed E-state index contributed by atoms with van der Waals surface area (Å²) in [5, 5.41) is 0. The average molecular weight is 353 g/mol. The van der Waals surface area contributed by atoms with Crippen molar-refractivity contribution >= 4 is 11.2 Å². The fraction of sp³-hybridized carbons (Fsp3) is 0.111. The maximum atomic E-state index is 12.5. The number of aryl methyl sites for hydroxylation is 1. The van der Waals surface area contributed by atoms with Crippen LogP contribution in [0.25, 0.3) is 28.4 Å². The number of rotatable bonds is 4. The minimum atomic E-state index is -2.92. The van der Waals surface area contributed by atoms with Gasteiger partial charge in [0.25, 0.3) is 0 Å². The van der Waals surface area contributed by atoms with Gasteiger partial charge >= 0.3 is 6.61 Å². The molecular weight excluding hydrogens is 340 g/mol. The van der Waals surface area contributed by atoms with Gasteiger partial charge in [-0.3, -0.25) is 14.5 Å². The van der Waals surface area contributed by atoms with Crippen molar-refractivity contribution in [2.75, 3.05) is 0 Å². The van der Waals surface area contributed by atoms with Gasteiger partial charge in [0.05, 0.1) is 18.1 Å². The Balaban J connectivity index is 1.95. The molecule has 0 aromatic carbocycles. The molecule has 0 amide bonds. The van der Waals surface area contributed by atoms with E-state index in [1.807, 2.05) is 31.2 Å². The SMILES string of the molecule is Cc1ccc(-n2c(-c3ccccn3)nc3cc(OC(F)F)cnc32)cn1. The Labute approximate surface area is 147 Å². The first-order valence-electron chi connectivity index (χ1n) is 7.79. The fourth-order valence-electron chi connectivity index (χ4n) is 2.62. The summed E-state index contributed by atoms with van der Waals surface area (Å²) in [5.74, 6) is 0.486. The van der Waals surface area contributed by atoms with Crippen LogP contribution in [-0.2, 0) is 0 Å². The largest absolute Gasteiger partial charge is 0.433 e. The van der Waals surface area contributed by atoms with Gasteiger partial charge in [-0.1, -0.05) is 6.07 Å². The number of hydrogen-bond acceptors (Lipinski definition) is 5. The Bertz CT molecular complexity index is 1050. The maximum Gasteiger partial charge on any atom is 0.387 e. The van der Waals surface area contributed by atoms with Crippen LogP contribution in [-0.4, -0.2) is 31.1 Å². The van der Waals surface area contributed by atoms with Gasteiger partial charge in [-0.15, -0.1) is 0 Å². The van der Waals surface area contributed by atoms with Gasteiger partial charge < -0.3 is 4.74 Å². The van der Waals surface area contributed by atoms with Gasteiger partial charge in [0, 0.05) is 18.0 Å². The van der Waals surface area contributed by atoms with Gasteiger partial charge in [0.1, 0.15) is 17.0 Å². The van der Waals surface area contributed by atoms with E-state index in [-0.39, 0.29) is 5.75 Å². The zero-order valence-electron chi connectivity index (χ0n) is 13.7. The number of hydrogen-bond donors (Lipinski definition) is 0. The summed E-state index contributed by atoms with van der Waals surface area (Å²) in [6.45, 7) is -1.03. The lowest BCUT2D eigenvalue weighted by atomic mass is 10.3. The number of aromatic nitrogens is 5. The molecule has 0 bridgehead atoms. The van der Waals surface area contributed by atoms with Crippen molar-refractivity contribution in [3.8, 4) is 23.0 Å². The van der Waals surface area contributed by atoms with Crippen LogP contribution in [0.4, 0.5) is 8.78 Å². The lowest BCUT2D eigenvalue weighted by Gasteiger charge is -2.08. The number of ether oxygens (including phenoxy) is 1. The van der Waals surface area contributed by atoms with Crippen LogP contribution in [0.1, 0.15) is 5.69 Å². The molecule has 130 valence electrons. The highest BCUT2D eigenvalue weighted by Crippen LogP contribution is 2.28. The van der Waals surface area contributed by atoms with Crippen LogP contribution in [0.2, 0.25) is 0 Å². The molecule has 4 aromatic rings.